The Balaban J connectivity index is 3.22. The lowest BCUT2D eigenvalue weighted by Gasteiger charge is -2.14. The van der Waals surface area contributed by atoms with Crippen LogP contribution in [-0.4, -0.2) is 42.4 Å². The van der Waals surface area contributed by atoms with Crippen LogP contribution in [0.25, 0.3) is 0 Å². The highest BCUT2D eigenvalue weighted by Crippen LogP contribution is 1.94. The molecule has 2 unspecified atom stereocenters. The molecule has 0 aromatic carbocycles. The number of ether oxygens (including phenoxy) is 2. The Morgan fingerprint density at radius 3 is 2.18 bits per heavy atom. The van der Waals surface area contributed by atoms with E-state index in [0.717, 1.165) is 0 Å². The van der Waals surface area contributed by atoms with Gasteiger partial charge in [0.05, 0.1) is 25.4 Å². The lowest BCUT2D eigenvalue weighted by atomic mass is 10.4. The van der Waals surface area contributed by atoms with Crippen LogP contribution < -0.4 is 0 Å². The highest BCUT2D eigenvalue weighted by Gasteiger charge is 2.04. The van der Waals surface area contributed by atoms with Gasteiger partial charge in [0.25, 0.3) is 0 Å². The highest BCUT2D eigenvalue weighted by molar-refractivity contribution is 4.49. The van der Waals surface area contributed by atoms with E-state index in [4.69, 9.17) is 19.7 Å². The minimum atomic E-state index is -0.294. The summed E-state index contributed by atoms with van der Waals surface area (Å²) in [6, 6.07) is 0. The van der Waals surface area contributed by atoms with Gasteiger partial charge < -0.3 is 19.7 Å². The van der Waals surface area contributed by atoms with E-state index in [1.54, 1.807) is 13.8 Å². The minimum Gasteiger partial charge on any atom is -0.394 e. The third-order valence-electron chi connectivity index (χ3n) is 1.23. The minimum absolute atomic E-state index is 0.00580. The van der Waals surface area contributed by atoms with E-state index in [0.29, 0.717) is 6.61 Å². The Morgan fingerprint density at radius 1 is 1.09 bits per heavy atom. The molecule has 0 aromatic rings. The average molecular weight is 164 g/mol. The van der Waals surface area contributed by atoms with E-state index in [2.05, 4.69) is 0 Å². The summed E-state index contributed by atoms with van der Waals surface area (Å²) in [4.78, 5) is 0. The zero-order valence-electron chi connectivity index (χ0n) is 6.99. The zero-order valence-corrected chi connectivity index (χ0v) is 6.99. The molecule has 2 atom stereocenters. The van der Waals surface area contributed by atoms with Crippen LogP contribution in [0.1, 0.15) is 13.8 Å². The summed E-state index contributed by atoms with van der Waals surface area (Å²) in [7, 11) is 0. The first kappa shape index (κ1) is 10.8. The maximum Gasteiger partial charge on any atom is 0.144 e. The molecule has 0 aliphatic rings. The van der Waals surface area contributed by atoms with E-state index < -0.39 is 0 Å². The van der Waals surface area contributed by atoms with Gasteiger partial charge in [-0.3, -0.25) is 0 Å². The summed E-state index contributed by atoms with van der Waals surface area (Å²) < 4.78 is 9.90. The Hall–Kier alpha value is -0.160. The molecule has 2 N–H and O–H groups in total. The van der Waals surface area contributed by atoms with Crippen molar-refractivity contribution in [2.75, 3.05) is 20.0 Å². The predicted molar refractivity (Wildman–Crippen MR) is 40.1 cm³/mol. The van der Waals surface area contributed by atoms with E-state index in [9.17, 15) is 0 Å². The number of aliphatic hydroxyl groups excluding tert-OH is 2. The first-order chi connectivity index (χ1) is 5.20. The first-order valence-electron chi connectivity index (χ1n) is 3.65. The third-order valence-corrected chi connectivity index (χ3v) is 1.23. The Morgan fingerprint density at radius 2 is 1.73 bits per heavy atom. The second-order valence-electron chi connectivity index (χ2n) is 2.43. The normalized spacial score (nSPS) is 16.4. The van der Waals surface area contributed by atoms with Crippen molar-refractivity contribution in [2.24, 2.45) is 0 Å². The summed E-state index contributed by atoms with van der Waals surface area (Å²) in [6.45, 7) is 3.66. The van der Waals surface area contributed by atoms with Crippen molar-refractivity contribution in [2.45, 2.75) is 26.1 Å². The fraction of sp³-hybridized carbons (Fsp3) is 1.00. The lowest BCUT2D eigenvalue weighted by molar-refractivity contribution is -0.0898. The van der Waals surface area contributed by atoms with Crippen LogP contribution in [0.4, 0.5) is 0 Å². The molecule has 0 saturated heterocycles. The van der Waals surface area contributed by atoms with Gasteiger partial charge >= 0.3 is 0 Å². The molecule has 0 spiro atoms. The fourth-order valence-corrected chi connectivity index (χ4v) is 0.528. The van der Waals surface area contributed by atoms with Crippen molar-refractivity contribution in [1.29, 1.82) is 0 Å². The van der Waals surface area contributed by atoms with Crippen LogP contribution in [0.15, 0.2) is 0 Å². The Labute approximate surface area is 66.7 Å². The van der Waals surface area contributed by atoms with E-state index in [1.165, 1.54) is 0 Å². The van der Waals surface area contributed by atoms with Gasteiger partial charge in [-0.25, -0.2) is 0 Å². The molecule has 4 nitrogen and oxygen atoms in total. The molecule has 0 saturated carbocycles. The molecule has 0 heterocycles. The average Bonchev–Trinajstić information content (AvgIpc) is 2.01. The zero-order chi connectivity index (χ0) is 8.69. The maximum absolute atomic E-state index is 8.56. The molecule has 0 rings (SSSR count). The predicted octanol–water partition coefficient (Wildman–Crippen LogP) is -0.261. The highest BCUT2D eigenvalue weighted by atomic mass is 16.6. The summed E-state index contributed by atoms with van der Waals surface area (Å²) in [5, 5.41) is 16.9. The van der Waals surface area contributed by atoms with Crippen LogP contribution in [0, 0.1) is 0 Å². The summed E-state index contributed by atoms with van der Waals surface area (Å²) in [5.74, 6) is 0. The molecule has 11 heavy (non-hydrogen) atoms. The molecule has 0 aliphatic heterocycles. The number of aliphatic hydroxyl groups is 2. The van der Waals surface area contributed by atoms with Crippen LogP contribution in [-0.2, 0) is 9.47 Å². The SMILES string of the molecule is CC(CO)OCC(C)OCO. The lowest BCUT2D eigenvalue weighted by Crippen LogP contribution is -2.22. The van der Waals surface area contributed by atoms with E-state index in [-0.39, 0.29) is 25.6 Å². The standard InChI is InChI=1S/C7H16O4/c1-6(3-8)10-4-7(2)11-5-9/h6-9H,3-5H2,1-2H3. The van der Waals surface area contributed by atoms with Crippen molar-refractivity contribution in [3.05, 3.63) is 0 Å². The van der Waals surface area contributed by atoms with Crippen molar-refractivity contribution in [3.8, 4) is 0 Å². The Bertz CT molecular complexity index is 86.5. The molecule has 68 valence electrons. The maximum atomic E-state index is 8.56. The monoisotopic (exact) mass is 164 g/mol. The van der Waals surface area contributed by atoms with Gasteiger partial charge in [-0.1, -0.05) is 0 Å². The smallest absolute Gasteiger partial charge is 0.144 e. The van der Waals surface area contributed by atoms with Crippen molar-refractivity contribution < 1.29 is 19.7 Å². The van der Waals surface area contributed by atoms with Crippen LogP contribution in [0.5, 0.6) is 0 Å². The summed E-state index contributed by atoms with van der Waals surface area (Å²) in [5.41, 5.74) is 0. The second-order valence-corrected chi connectivity index (χ2v) is 2.43. The van der Waals surface area contributed by atoms with Gasteiger partial charge in [-0.05, 0) is 13.8 Å². The van der Waals surface area contributed by atoms with Crippen LogP contribution in [0.2, 0.25) is 0 Å². The molecular formula is C7H16O4. The van der Waals surface area contributed by atoms with Gasteiger partial charge in [0, 0.05) is 0 Å². The summed E-state index contributed by atoms with van der Waals surface area (Å²) >= 11 is 0. The second kappa shape index (κ2) is 6.54. The van der Waals surface area contributed by atoms with Gasteiger partial charge in [0.15, 0.2) is 0 Å². The third kappa shape index (κ3) is 6.25. The topological polar surface area (TPSA) is 58.9 Å². The largest absolute Gasteiger partial charge is 0.394 e. The van der Waals surface area contributed by atoms with Crippen molar-refractivity contribution in [1.82, 2.24) is 0 Å². The van der Waals surface area contributed by atoms with Gasteiger partial charge in [0.1, 0.15) is 6.79 Å². The van der Waals surface area contributed by atoms with Gasteiger partial charge in [0.2, 0.25) is 0 Å². The molecule has 4 heteroatoms. The first-order valence-corrected chi connectivity index (χ1v) is 3.65. The Kier molecular flexibility index (Phi) is 6.45. The molecule has 0 bridgehead atoms. The van der Waals surface area contributed by atoms with Crippen LogP contribution in [0.3, 0.4) is 0 Å². The fourth-order valence-electron chi connectivity index (χ4n) is 0.528. The molecule has 0 aromatic heterocycles. The van der Waals surface area contributed by atoms with Crippen molar-refractivity contribution >= 4 is 0 Å². The quantitative estimate of drug-likeness (QED) is 0.531. The molecule has 0 fully saturated rings. The molecular weight excluding hydrogens is 148 g/mol. The number of hydrogen-bond donors (Lipinski definition) is 2. The molecule has 0 amide bonds. The van der Waals surface area contributed by atoms with Gasteiger partial charge in [-0.15, -0.1) is 0 Å². The summed E-state index contributed by atoms with van der Waals surface area (Å²) in [6.07, 6.45) is -0.297. The van der Waals surface area contributed by atoms with E-state index in [1.807, 2.05) is 0 Å². The number of rotatable bonds is 6. The molecule has 0 aliphatic carbocycles. The van der Waals surface area contributed by atoms with Crippen LogP contribution >= 0.6 is 0 Å². The van der Waals surface area contributed by atoms with Gasteiger partial charge in [-0.2, -0.15) is 0 Å². The van der Waals surface area contributed by atoms with E-state index >= 15 is 0 Å². The van der Waals surface area contributed by atoms with Crippen molar-refractivity contribution in [3.63, 3.8) is 0 Å². The molecule has 0 radical (unpaired) electrons. The number of hydrogen-bond acceptors (Lipinski definition) is 4.